The molecule has 0 radical (unpaired) electrons. The van der Waals surface area contributed by atoms with Crippen LogP contribution in [0.2, 0.25) is 0 Å². The largest absolute Gasteiger partial charge is 0.435 e. The summed E-state index contributed by atoms with van der Waals surface area (Å²) in [6, 6.07) is 6.75. The lowest BCUT2D eigenvalue weighted by atomic mass is 9.68. The summed E-state index contributed by atoms with van der Waals surface area (Å²) in [5, 5.41) is 3.35. The molecular formula is C18H25F2N3O. The maximum atomic E-state index is 12.3. The Morgan fingerprint density at radius 1 is 1.38 bits per heavy atom. The molecule has 0 amide bonds. The van der Waals surface area contributed by atoms with Crippen LogP contribution in [0.1, 0.15) is 38.2 Å². The van der Waals surface area contributed by atoms with Crippen molar-refractivity contribution < 1.29 is 13.5 Å². The lowest BCUT2D eigenvalue weighted by molar-refractivity contribution is -0.0498. The van der Waals surface area contributed by atoms with Crippen molar-refractivity contribution in [2.24, 2.45) is 10.4 Å². The molecule has 132 valence electrons. The highest BCUT2D eigenvalue weighted by atomic mass is 19.3. The van der Waals surface area contributed by atoms with Crippen LogP contribution in [0.25, 0.3) is 0 Å². The van der Waals surface area contributed by atoms with Crippen molar-refractivity contribution in [3.05, 3.63) is 29.8 Å². The van der Waals surface area contributed by atoms with Crippen LogP contribution in [-0.2, 0) is 6.54 Å². The first-order valence-electron chi connectivity index (χ1n) is 8.67. The molecule has 1 aliphatic carbocycles. The SMILES string of the molecule is CCNC(=NCc1cccc(OC(F)F)c1)N1CCC2(CCC2)C1. The van der Waals surface area contributed by atoms with Crippen LogP contribution < -0.4 is 10.1 Å². The van der Waals surface area contributed by atoms with E-state index >= 15 is 0 Å². The fourth-order valence-corrected chi connectivity index (χ4v) is 3.61. The van der Waals surface area contributed by atoms with E-state index in [9.17, 15) is 8.78 Å². The Labute approximate surface area is 141 Å². The summed E-state index contributed by atoms with van der Waals surface area (Å²) in [6.07, 6.45) is 5.25. The molecule has 1 saturated carbocycles. The van der Waals surface area contributed by atoms with Gasteiger partial charge in [0, 0.05) is 19.6 Å². The van der Waals surface area contributed by atoms with Gasteiger partial charge in [0.25, 0.3) is 0 Å². The van der Waals surface area contributed by atoms with Crippen LogP contribution in [0.3, 0.4) is 0 Å². The van der Waals surface area contributed by atoms with Crippen LogP contribution in [0, 0.1) is 5.41 Å². The molecular weight excluding hydrogens is 312 g/mol. The Morgan fingerprint density at radius 2 is 2.21 bits per heavy atom. The molecule has 0 bridgehead atoms. The van der Waals surface area contributed by atoms with E-state index in [4.69, 9.17) is 4.99 Å². The van der Waals surface area contributed by atoms with Gasteiger partial charge in [0.05, 0.1) is 6.54 Å². The summed E-state index contributed by atoms with van der Waals surface area (Å²) >= 11 is 0. The van der Waals surface area contributed by atoms with Crippen molar-refractivity contribution in [2.75, 3.05) is 19.6 Å². The molecule has 24 heavy (non-hydrogen) atoms. The number of aliphatic imine (C=N–C) groups is 1. The highest BCUT2D eigenvalue weighted by Crippen LogP contribution is 2.47. The molecule has 0 atom stereocenters. The first kappa shape index (κ1) is 17.0. The van der Waals surface area contributed by atoms with Gasteiger partial charge in [-0.3, -0.25) is 0 Å². The average molecular weight is 337 g/mol. The fourth-order valence-electron chi connectivity index (χ4n) is 3.61. The lowest BCUT2D eigenvalue weighted by Crippen LogP contribution is -2.42. The summed E-state index contributed by atoms with van der Waals surface area (Å²) < 4.78 is 29.1. The van der Waals surface area contributed by atoms with Gasteiger partial charge in [0.1, 0.15) is 5.75 Å². The second-order valence-electron chi connectivity index (χ2n) is 6.72. The van der Waals surface area contributed by atoms with Crippen molar-refractivity contribution in [1.29, 1.82) is 0 Å². The third kappa shape index (κ3) is 3.97. The van der Waals surface area contributed by atoms with Crippen LogP contribution in [-0.4, -0.2) is 37.1 Å². The maximum Gasteiger partial charge on any atom is 0.387 e. The van der Waals surface area contributed by atoms with E-state index in [1.54, 1.807) is 12.1 Å². The van der Waals surface area contributed by atoms with Gasteiger partial charge in [-0.25, -0.2) is 4.99 Å². The summed E-state index contributed by atoms with van der Waals surface area (Å²) in [4.78, 5) is 7.03. The van der Waals surface area contributed by atoms with Gasteiger partial charge in [-0.05, 0) is 49.3 Å². The molecule has 1 aliphatic heterocycles. The lowest BCUT2D eigenvalue weighted by Gasteiger charge is -2.38. The van der Waals surface area contributed by atoms with E-state index in [0.29, 0.717) is 12.0 Å². The molecule has 4 nitrogen and oxygen atoms in total. The number of nitrogens with zero attached hydrogens (tertiary/aromatic N) is 2. The smallest absolute Gasteiger partial charge is 0.387 e. The Morgan fingerprint density at radius 3 is 2.83 bits per heavy atom. The minimum Gasteiger partial charge on any atom is -0.435 e. The highest BCUT2D eigenvalue weighted by Gasteiger charge is 2.43. The Hall–Kier alpha value is -1.85. The zero-order chi connectivity index (χ0) is 17.0. The van der Waals surface area contributed by atoms with Gasteiger partial charge in [-0.2, -0.15) is 8.78 Å². The number of alkyl halides is 2. The first-order valence-corrected chi connectivity index (χ1v) is 8.67. The number of benzene rings is 1. The van der Waals surface area contributed by atoms with Crippen molar-refractivity contribution in [3.8, 4) is 5.75 Å². The third-order valence-corrected chi connectivity index (χ3v) is 5.02. The van der Waals surface area contributed by atoms with Crippen molar-refractivity contribution in [3.63, 3.8) is 0 Å². The van der Waals surface area contributed by atoms with E-state index in [0.717, 1.165) is 31.2 Å². The predicted molar refractivity (Wildman–Crippen MR) is 90.4 cm³/mol. The molecule has 6 heteroatoms. The number of rotatable bonds is 5. The highest BCUT2D eigenvalue weighted by molar-refractivity contribution is 5.80. The van der Waals surface area contributed by atoms with Gasteiger partial charge in [0.15, 0.2) is 5.96 Å². The number of guanidine groups is 1. The molecule has 2 aliphatic rings. The van der Waals surface area contributed by atoms with Gasteiger partial charge in [0.2, 0.25) is 0 Å². The van der Waals surface area contributed by atoms with Crippen LogP contribution in [0.4, 0.5) is 8.78 Å². The maximum absolute atomic E-state index is 12.3. The molecule has 1 saturated heterocycles. The van der Waals surface area contributed by atoms with E-state index in [-0.39, 0.29) is 5.75 Å². The monoisotopic (exact) mass is 337 g/mol. The molecule has 1 N–H and O–H groups in total. The van der Waals surface area contributed by atoms with Crippen LogP contribution in [0.5, 0.6) is 5.75 Å². The van der Waals surface area contributed by atoms with Crippen molar-refractivity contribution in [2.45, 2.75) is 45.8 Å². The minimum atomic E-state index is -2.80. The van der Waals surface area contributed by atoms with E-state index in [1.807, 2.05) is 6.07 Å². The molecule has 1 aromatic carbocycles. The molecule has 0 aromatic heterocycles. The molecule has 2 fully saturated rings. The number of nitrogens with one attached hydrogen (secondary N) is 1. The molecule has 1 aromatic rings. The zero-order valence-electron chi connectivity index (χ0n) is 14.1. The number of likely N-dealkylation sites (tertiary alicyclic amines) is 1. The second kappa shape index (κ2) is 7.36. The quantitative estimate of drug-likeness (QED) is 0.658. The molecule has 1 spiro atoms. The summed E-state index contributed by atoms with van der Waals surface area (Å²) in [6.45, 7) is 2.64. The molecule has 3 rings (SSSR count). The van der Waals surface area contributed by atoms with E-state index in [2.05, 4.69) is 21.9 Å². The Balaban J connectivity index is 1.65. The van der Waals surface area contributed by atoms with E-state index < -0.39 is 6.61 Å². The van der Waals surface area contributed by atoms with Gasteiger partial charge in [-0.1, -0.05) is 18.6 Å². The van der Waals surface area contributed by atoms with Gasteiger partial charge >= 0.3 is 6.61 Å². The molecule has 0 unspecified atom stereocenters. The minimum absolute atomic E-state index is 0.178. The van der Waals surface area contributed by atoms with Gasteiger partial charge < -0.3 is 15.0 Å². The fraction of sp³-hybridized carbons (Fsp3) is 0.611. The third-order valence-electron chi connectivity index (χ3n) is 5.02. The van der Waals surface area contributed by atoms with Gasteiger partial charge in [-0.15, -0.1) is 0 Å². The number of halogens is 2. The summed E-state index contributed by atoms with van der Waals surface area (Å²) in [5.41, 5.74) is 1.38. The average Bonchev–Trinajstić information content (AvgIpc) is 2.97. The topological polar surface area (TPSA) is 36.9 Å². The Bertz CT molecular complexity index is 587. The normalized spacial score (nSPS) is 19.7. The predicted octanol–water partition coefficient (Wildman–Crippen LogP) is 3.63. The zero-order valence-corrected chi connectivity index (χ0v) is 14.1. The first-order chi connectivity index (χ1) is 11.6. The molecule has 1 heterocycles. The summed E-state index contributed by atoms with van der Waals surface area (Å²) in [5.74, 6) is 1.10. The Kier molecular flexibility index (Phi) is 5.21. The standard InChI is InChI=1S/C18H25F2N3O/c1-2-21-17(23-10-9-18(13-23)7-4-8-18)22-12-14-5-3-6-15(11-14)24-16(19)20/h3,5-6,11,16H,2,4,7-10,12-13H2,1H3,(H,21,22). The number of hydrogen-bond donors (Lipinski definition) is 1. The number of hydrogen-bond acceptors (Lipinski definition) is 2. The second-order valence-corrected chi connectivity index (χ2v) is 6.72. The summed E-state index contributed by atoms with van der Waals surface area (Å²) in [7, 11) is 0. The van der Waals surface area contributed by atoms with Crippen molar-refractivity contribution >= 4 is 5.96 Å². The van der Waals surface area contributed by atoms with Crippen LogP contribution >= 0.6 is 0 Å². The van der Waals surface area contributed by atoms with E-state index in [1.165, 1.54) is 31.7 Å². The number of ether oxygens (including phenoxy) is 1. The van der Waals surface area contributed by atoms with Crippen molar-refractivity contribution in [1.82, 2.24) is 10.2 Å². The van der Waals surface area contributed by atoms with Crippen LogP contribution in [0.15, 0.2) is 29.3 Å².